The van der Waals surface area contributed by atoms with Gasteiger partial charge in [0.05, 0.1) is 24.3 Å². The van der Waals surface area contributed by atoms with Crippen LogP contribution in [0, 0.1) is 5.82 Å². The van der Waals surface area contributed by atoms with Crippen molar-refractivity contribution in [3.8, 4) is 11.5 Å². The molecule has 0 aliphatic rings. The Morgan fingerprint density at radius 3 is 2.47 bits per heavy atom. The zero-order valence-corrected chi connectivity index (χ0v) is 10.6. The fourth-order valence-corrected chi connectivity index (χ4v) is 1.76. The standard InChI is InChI=1S/C10H10BrFO5/c1-16-5-3-4(11)7(12)6(9(5)17-2)8(13)10(14)15/h3,8,13H,1-2H3,(H,14,15). The van der Waals surface area contributed by atoms with Gasteiger partial charge in [-0.2, -0.15) is 0 Å². The molecule has 0 saturated heterocycles. The number of benzene rings is 1. The number of rotatable bonds is 4. The van der Waals surface area contributed by atoms with E-state index in [0.29, 0.717) is 0 Å². The van der Waals surface area contributed by atoms with Crippen LogP contribution in [0.5, 0.6) is 11.5 Å². The van der Waals surface area contributed by atoms with E-state index >= 15 is 0 Å². The Balaban J connectivity index is 3.53. The average molecular weight is 309 g/mol. The number of methoxy groups -OCH3 is 2. The lowest BCUT2D eigenvalue weighted by molar-refractivity contribution is -0.147. The van der Waals surface area contributed by atoms with Crippen molar-refractivity contribution in [2.45, 2.75) is 6.10 Å². The molecule has 0 saturated carbocycles. The molecule has 1 unspecified atom stereocenters. The highest BCUT2D eigenvalue weighted by atomic mass is 79.9. The monoisotopic (exact) mass is 308 g/mol. The van der Waals surface area contributed by atoms with Crippen LogP contribution in [-0.4, -0.2) is 30.4 Å². The zero-order chi connectivity index (χ0) is 13.2. The Hall–Kier alpha value is -1.34. The number of aliphatic hydroxyl groups is 1. The van der Waals surface area contributed by atoms with Crippen molar-refractivity contribution in [1.29, 1.82) is 0 Å². The van der Waals surface area contributed by atoms with Gasteiger partial charge in [-0.05, 0) is 15.9 Å². The summed E-state index contributed by atoms with van der Waals surface area (Å²) in [6.07, 6.45) is -2.03. The summed E-state index contributed by atoms with van der Waals surface area (Å²) in [5, 5.41) is 18.1. The predicted molar refractivity (Wildman–Crippen MR) is 59.8 cm³/mol. The third-order valence-electron chi connectivity index (χ3n) is 2.10. The van der Waals surface area contributed by atoms with Gasteiger partial charge in [-0.3, -0.25) is 0 Å². The minimum Gasteiger partial charge on any atom is -0.493 e. The van der Waals surface area contributed by atoms with Crippen LogP contribution < -0.4 is 9.47 Å². The highest BCUT2D eigenvalue weighted by Gasteiger charge is 2.29. The van der Waals surface area contributed by atoms with E-state index < -0.39 is 23.5 Å². The van der Waals surface area contributed by atoms with Crippen molar-refractivity contribution < 1.29 is 28.9 Å². The van der Waals surface area contributed by atoms with Crippen molar-refractivity contribution in [3.63, 3.8) is 0 Å². The van der Waals surface area contributed by atoms with E-state index in [0.717, 1.165) is 0 Å². The van der Waals surface area contributed by atoms with Crippen LogP contribution in [0.25, 0.3) is 0 Å². The molecule has 7 heteroatoms. The number of hydrogen-bond donors (Lipinski definition) is 2. The average Bonchev–Trinajstić information content (AvgIpc) is 2.30. The largest absolute Gasteiger partial charge is 0.493 e. The molecular weight excluding hydrogens is 299 g/mol. The van der Waals surface area contributed by atoms with Gasteiger partial charge in [0.25, 0.3) is 0 Å². The maximum Gasteiger partial charge on any atom is 0.337 e. The molecule has 1 aromatic carbocycles. The van der Waals surface area contributed by atoms with E-state index in [9.17, 15) is 14.3 Å². The smallest absolute Gasteiger partial charge is 0.337 e. The van der Waals surface area contributed by atoms with Crippen molar-refractivity contribution in [1.82, 2.24) is 0 Å². The van der Waals surface area contributed by atoms with Gasteiger partial charge in [0, 0.05) is 6.07 Å². The summed E-state index contributed by atoms with van der Waals surface area (Å²) in [4.78, 5) is 10.7. The Morgan fingerprint density at radius 1 is 1.47 bits per heavy atom. The maximum absolute atomic E-state index is 13.8. The van der Waals surface area contributed by atoms with Crippen molar-refractivity contribution in [3.05, 3.63) is 21.9 Å². The van der Waals surface area contributed by atoms with Crippen molar-refractivity contribution in [2.75, 3.05) is 14.2 Å². The molecule has 17 heavy (non-hydrogen) atoms. The molecule has 5 nitrogen and oxygen atoms in total. The summed E-state index contributed by atoms with van der Waals surface area (Å²) in [6.45, 7) is 0. The molecule has 1 aromatic rings. The molecule has 0 spiro atoms. The van der Waals surface area contributed by atoms with Crippen molar-refractivity contribution in [2.24, 2.45) is 0 Å². The fourth-order valence-electron chi connectivity index (χ4n) is 1.33. The normalized spacial score (nSPS) is 12.1. The first kappa shape index (κ1) is 13.7. The van der Waals surface area contributed by atoms with Gasteiger partial charge in [0.1, 0.15) is 5.82 Å². The minimum absolute atomic E-state index is 0.0227. The topological polar surface area (TPSA) is 76.0 Å². The highest BCUT2D eigenvalue weighted by Crippen LogP contribution is 2.40. The second-order valence-corrected chi connectivity index (χ2v) is 3.92. The summed E-state index contributed by atoms with van der Waals surface area (Å²) >= 11 is 2.90. The number of ether oxygens (including phenoxy) is 2. The van der Waals surface area contributed by atoms with Gasteiger partial charge in [-0.1, -0.05) is 0 Å². The lowest BCUT2D eigenvalue weighted by Gasteiger charge is -2.16. The zero-order valence-electron chi connectivity index (χ0n) is 9.03. The highest BCUT2D eigenvalue weighted by molar-refractivity contribution is 9.10. The van der Waals surface area contributed by atoms with E-state index in [2.05, 4.69) is 15.9 Å². The number of carboxylic acid groups (broad SMARTS) is 1. The predicted octanol–water partition coefficient (Wildman–Crippen LogP) is 1.72. The number of aliphatic hydroxyl groups excluding tert-OH is 1. The van der Waals surface area contributed by atoms with Crippen LogP contribution in [0.1, 0.15) is 11.7 Å². The van der Waals surface area contributed by atoms with E-state index in [1.807, 2.05) is 0 Å². The molecule has 0 aliphatic heterocycles. The molecule has 2 N–H and O–H groups in total. The Labute approximate surface area is 105 Å². The number of halogens is 2. The molecule has 0 bridgehead atoms. The van der Waals surface area contributed by atoms with Gasteiger partial charge in [-0.25, -0.2) is 9.18 Å². The third kappa shape index (κ3) is 2.50. The molecule has 0 radical (unpaired) electrons. The maximum atomic E-state index is 13.8. The van der Waals surface area contributed by atoms with Crippen LogP contribution in [-0.2, 0) is 4.79 Å². The van der Waals surface area contributed by atoms with Crippen LogP contribution >= 0.6 is 15.9 Å². The summed E-state index contributed by atoms with van der Waals surface area (Å²) < 4.78 is 23.5. The van der Waals surface area contributed by atoms with Crippen LogP contribution in [0.3, 0.4) is 0 Å². The Kier molecular flexibility index (Phi) is 4.30. The molecule has 0 heterocycles. The molecule has 0 amide bonds. The first-order valence-corrected chi connectivity index (χ1v) is 5.24. The lowest BCUT2D eigenvalue weighted by atomic mass is 10.1. The summed E-state index contributed by atoms with van der Waals surface area (Å²) in [6, 6.07) is 1.28. The fraction of sp³-hybridized carbons (Fsp3) is 0.300. The third-order valence-corrected chi connectivity index (χ3v) is 2.68. The summed E-state index contributed by atoms with van der Waals surface area (Å²) in [5.74, 6) is -2.51. The number of carbonyl (C=O) groups is 1. The first-order chi connectivity index (χ1) is 7.93. The quantitative estimate of drug-likeness (QED) is 0.886. The summed E-state index contributed by atoms with van der Waals surface area (Å²) in [5.41, 5.74) is -0.480. The van der Waals surface area contributed by atoms with Gasteiger partial charge < -0.3 is 19.7 Å². The molecule has 94 valence electrons. The lowest BCUT2D eigenvalue weighted by Crippen LogP contribution is -2.14. The minimum atomic E-state index is -2.03. The molecule has 0 aliphatic carbocycles. The number of hydrogen-bond acceptors (Lipinski definition) is 4. The summed E-state index contributed by atoms with van der Waals surface area (Å²) in [7, 11) is 2.54. The van der Waals surface area contributed by atoms with Crippen LogP contribution in [0.15, 0.2) is 10.5 Å². The van der Waals surface area contributed by atoms with Crippen LogP contribution in [0.4, 0.5) is 4.39 Å². The van der Waals surface area contributed by atoms with Gasteiger partial charge >= 0.3 is 5.97 Å². The molecular formula is C10H10BrFO5. The van der Waals surface area contributed by atoms with Gasteiger partial charge in [-0.15, -0.1) is 0 Å². The first-order valence-electron chi connectivity index (χ1n) is 4.44. The second-order valence-electron chi connectivity index (χ2n) is 3.06. The number of carboxylic acids is 1. The van der Waals surface area contributed by atoms with Gasteiger partial charge in [0.15, 0.2) is 17.6 Å². The number of aliphatic carboxylic acids is 1. The SMILES string of the molecule is COc1cc(Br)c(F)c(C(O)C(=O)O)c1OC. The Morgan fingerprint density at radius 2 is 2.06 bits per heavy atom. The van der Waals surface area contributed by atoms with E-state index in [4.69, 9.17) is 14.6 Å². The van der Waals surface area contributed by atoms with E-state index in [1.165, 1.54) is 20.3 Å². The molecule has 1 atom stereocenters. The second kappa shape index (κ2) is 5.33. The van der Waals surface area contributed by atoms with E-state index in [1.54, 1.807) is 0 Å². The van der Waals surface area contributed by atoms with Crippen molar-refractivity contribution >= 4 is 21.9 Å². The molecule has 0 aromatic heterocycles. The molecule has 1 rings (SSSR count). The van der Waals surface area contributed by atoms with E-state index in [-0.39, 0.29) is 16.0 Å². The van der Waals surface area contributed by atoms with Crippen LogP contribution in [0.2, 0.25) is 0 Å². The molecule has 0 fully saturated rings. The Bertz CT molecular complexity index is 449. The van der Waals surface area contributed by atoms with Gasteiger partial charge in [0.2, 0.25) is 0 Å².